The number of nitrogens with one attached hydrogen (secondary N) is 1. The summed E-state index contributed by atoms with van der Waals surface area (Å²) in [6.45, 7) is 8.32. The van der Waals surface area contributed by atoms with Crippen molar-refractivity contribution in [2.45, 2.75) is 39.1 Å². The number of nitrogens with zero attached hydrogens (tertiary/aromatic N) is 1. The Labute approximate surface area is 110 Å². The summed E-state index contributed by atoms with van der Waals surface area (Å²) >= 11 is 0. The molecule has 0 aliphatic carbocycles. The number of morpholine rings is 1. The van der Waals surface area contributed by atoms with Crippen molar-refractivity contribution in [2.24, 2.45) is 0 Å². The van der Waals surface area contributed by atoms with Crippen LogP contribution in [0.5, 0.6) is 0 Å². The molecule has 1 fully saturated rings. The summed E-state index contributed by atoms with van der Waals surface area (Å²) in [6.07, 6.45) is 0.684. The first-order valence-electron chi connectivity index (χ1n) is 6.77. The van der Waals surface area contributed by atoms with Crippen LogP contribution in [0.3, 0.4) is 0 Å². The number of rotatable bonds is 4. The Bertz CT molecular complexity index is 371. The van der Waals surface area contributed by atoms with E-state index in [2.05, 4.69) is 48.3 Å². The highest BCUT2D eigenvalue weighted by molar-refractivity contribution is 5.23. The molecule has 0 amide bonds. The van der Waals surface area contributed by atoms with Crippen LogP contribution in [-0.4, -0.2) is 37.2 Å². The van der Waals surface area contributed by atoms with E-state index in [0.717, 1.165) is 26.2 Å². The minimum Gasteiger partial charge on any atom is -0.373 e. The third kappa shape index (κ3) is 3.80. The Morgan fingerprint density at radius 3 is 2.56 bits per heavy atom. The fourth-order valence-corrected chi connectivity index (χ4v) is 2.71. The van der Waals surface area contributed by atoms with Crippen molar-refractivity contribution in [1.29, 1.82) is 0 Å². The average molecular weight is 248 g/mol. The monoisotopic (exact) mass is 248 g/mol. The number of benzene rings is 1. The van der Waals surface area contributed by atoms with E-state index in [4.69, 9.17) is 4.74 Å². The Morgan fingerprint density at radius 2 is 1.89 bits per heavy atom. The molecule has 1 aromatic rings. The van der Waals surface area contributed by atoms with Crippen molar-refractivity contribution < 1.29 is 4.74 Å². The van der Waals surface area contributed by atoms with Gasteiger partial charge < -0.3 is 10.1 Å². The fraction of sp³-hybridized carbons (Fsp3) is 0.600. The molecule has 0 spiro atoms. The summed E-state index contributed by atoms with van der Waals surface area (Å²) in [4.78, 5) is 2.48. The van der Waals surface area contributed by atoms with Crippen LogP contribution in [0.1, 0.15) is 25.0 Å². The molecule has 0 unspecified atom stereocenters. The molecule has 1 saturated heterocycles. The normalized spacial score (nSPS) is 25.3. The van der Waals surface area contributed by atoms with Crippen LogP contribution < -0.4 is 5.32 Å². The van der Waals surface area contributed by atoms with E-state index in [1.807, 2.05) is 7.05 Å². The highest BCUT2D eigenvalue weighted by atomic mass is 16.5. The first kappa shape index (κ1) is 13.5. The third-order valence-electron chi connectivity index (χ3n) is 3.27. The zero-order chi connectivity index (χ0) is 13.0. The second kappa shape index (κ2) is 6.32. The highest BCUT2D eigenvalue weighted by Crippen LogP contribution is 2.15. The lowest BCUT2D eigenvalue weighted by Crippen LogP contribution is -2.44. The number of hydrogen-bond donors (Lipinski definition) is 1. The molecule has 1 aliphatic rings. The molecule has 1 N–H and O–H groups in total. The van der Waals surface area contributed by atoms with Crippen molar-refractivity contribution in [2.75, 3.05) is 20.1 Å². The van der Waals surface area contributed by atoms with Gasteiger partial charge in [-0.25, -0.2) is 0 Å². The standard InChI is InChI=1S/C15H24N2O/c1-12-9-17(10-13(2)18-12)11-15-6-4-5-14(7-15)8-16-3/h4-7,12-13,16H,8-11H2,1-3H3/t12-,13+. The van der Waals surface area contributed by atoms with Gasteiger partial charge in [-0.15, -0.1) is 0 Å². The van der Waals surface area contributed by atoms with Crippen LogP contribution in [0.15, 0.2) is 24.3 Å². The maximum atomic E-state index is 5.76. The van der Waals surface area contributed by atoms with E-state index in [1.54, 1.807) is 0 Å². The van der Waals surface area contributed by atoms with Crippen molar-refractivity contribution in [1.82, 2.24) is 10.2 Å². The van der Waals surface area contributed by atoms with E-state index in [0.29, 0.717) is 12.2 Å². The largest absolute Gasteiger partial charge is 0.373 e. The molecular weight excluding hydrogens is 224 g/mol. The SMILES string of the molecule is CNCc1cccc(CN2C[C@@H](C)O[C@@H](C)C2)c1. The minimum absolute atomic E-state index is 0.342. The predicted octanol–water partition coefficient (Wildman–Crippen LogP) is 2.02. The number of hydrogen-bond acceptors (Lipinski definition) is 3. The lowest BCUT2D eigenvalue weighted by molar-refractivity contribution is -0.0704. The van der Waals surface area contributed by atoms with Gasteiger partial charge in [0.2, 0.25) is 0 Å². The van der Waals surface area contributed by atoms with E-state index >= 15 is 0 Å². The molecule has 0 saturated carbocycles. The van der Waals surface area contributed by atoms with Crippen molar-refractivity contribution >= 4 is 0 Å². The van der Waals surface area contributed by atoms with Gasteiger partial charge in [0, 0.05) is 26.2 Å². The van der Waals surface area contributed by atoms with Crippen LogP contribution in [0, 0.1) is 0 Å². The quantitative estimate of drug-likeness (QED) is 0.882. The van der Waals surface area contributed by atoms with Crippen LogP contribution in [0.4, 0.5) is 0 Å². The molecule has 2 atom stereocenters. The molecule has 0 bridgehead atoms. The molecule has 2 rings (SSSR count). The summed E-state index contributed by atoms with van der Waals surface area (Å²) in [5, 5.41) is 3.20. The van der Waals surface area contributed by atoms with Crippen LogP contribution in [-0.2, 0) is 17.8 Å². The smallest absolute Gasteiger partial charge is 0.0678 e. The molecule has 100 valence electrons. The van der Waals surface area contributed by atoms with Gasteiger partial charge in [-0.3, -0.25) is 4.90 Å². The molecule has 1 aromatic carbocycles. The van der Waals surface area contributed by atoms with Crippen LogP contribution in [0.25, 0.3) is 0 Å². The highest BCUT2D eigenvalue weighted by Gasteiger charge is 2.21. The van der Waals surface area contributed by atoms with Gasteiger partial charge in [-0.1, -0.05) is 24.3 Å². The molecule has 1 aliphatic heterocycles. The van der Waals surface area contributed by atoms with Gasteiger partial charge >= 0.3 is 0 Å². The van der Waals surface area contributed by atoms with Crippen LogP contribution in [0.2, 0.25) is 0 Å². The zero-order valence-electron chi connectivity index (χ0n) is 11.6. The molecule has 0 aromatic heterocycles. The Hall–Kier alpha value is -0.900. The second-order valence-electron chi connectivity index (χ2n) is 5.30. The molecule has 18 heavy (non-hydrogen) atoms. The lowest BCUT2D eigenvalue weighted by Gasteiger charge is -2.35. The maximum absolute atomic E-state index is 5.76. The van der Waals surface area contributed by atoms with E-state index in [-0.39, 0.29) is 0 Å². The van der Waals surface area contributed by atoms with Crippen LogP contribution >= 0.6 is 0 Å². The van der Waals surface area contributed by atoms with Gasteiger partial charge in [0.05, 0.1) is 12.2 Å². The average Bonchev–Trinajstić information content (AvgIpc) is 2.28. The summed E-state index contributed by atoms with van der Waals surface area (Å²) < 4.78 is 5.76. The lowest BCUT2D eigenvalue weighted by atomic mass is 10.1. The molecule has 3 heteroatoms. The minimum atomic E-state index is 0.342. The first-order chi connectivity index (χ1) is 8.67. The first-order valence-corrected chi connectivity index (χ1v) is 6.77. The fourth-order valence-electron chi connectivity index (χ4n) is 2.71. The second-order valence-corrected chi connectivity index (χ2v) is 5.30. The van der Waals surface area contributed by atoms with Gasteiger partial charge in [-0.05, 0) is 32.0 Å². The summed E-state index contributed by atoms with van der Waals surface area (Å²) in [5.41, 5.74) is 2.74. The topological polar surface area (TPSA) is 24.5 Å². The van der Waals surface area contributed by atoms with Crippen molar-refractivity contribution in [3.63, 3.8) is 0 Å². The van der Waals surface area contributed by atoms with Gasteiger partial charge in [-0.2, -0.15) is 0 Å². The zero-order valence-corrected chi connectivity index (χ0v) is 11.6. The van der Waals surface area contributed by atoms with E-state index in [9.17, 15) is 0 Å². The van der Waals surface area contributed by atoms with Gasteiger partial charge in [0.1, 0.15) is 0 Å². The number of ether oxygens (including phenoxy) is 1. The molecular formula is C15H24N2O. The maximum Gasteiger partial charge on any atom is 0.0678 e. The summed E-state index contributed by atoms with van der Waals surface area (Å²) in [7, 11) is 1.98. The van der Waals surface area contributed by atoms with E-state index < -0.39 is 0 Å². The molecule has 3 nitrogen and oxygen atoms in total. The Balaban J connectivity index is 1.97. The van der Waals surface area contributed by atoms with Gasteiger partial charge in [0.25, 0.3) is 0 Å². The predicted molar refractivity (Wildman–Crippen MR) is 74.5 cm³/mol. The third-order valence-corrected chi connectivity index (χ3v) is 3.27. The van der Waals surface area contributed by atoms with Crippen molar-refractivity contribution in [3.05, 3.63) is 35.4 Å². The summed E-state index contributed by atoms with van der Waals surface area (Å²) in [6, 6.07) is 8.82. The van der Waals surface area contributed by atoms with Gasteiger partial charge in [0.15, 0.2) is 0 Å². The Kier molecular flexibility index (Phi) is 4.75. The molecule has 0 radical (unpaired) electrons. The Morgan fingerprint density at radius 1 is 1.22 bits per heavy atom. The van der Waals surface area contributed by atoms with E-state index in [1.165, 1.54) is 11.1 Å². The summed E-state index contributed by atoms with van der Waals surface area (Å²) in [5.74, 6) is 0. The molecule has 1 heterocycles. The van der Waals surface area contributed by atoms with Crippen molar-refractivity contribution in [3.8, 4) is 0 Å².